The number of alkyl halides is 3. The Morgan fingerprint density at radius 1 is 1.00 bits per heavy atom. The highest BCUT2D eigenvalue weighted by Gasteiger charge is 2.35. The number of fused-ring (bicyclic) bond motifs is 1. The summed E-state index contributed by atoms with van der Waals surface area (Å²) >= 11 is 0. The first-order valence-electron chi connectivity index (χ1n) is 12.6. The zero-order valence-electron chi connectivity index (χ0n) is 21.8. The SMILES string of the molecule is COc1cc(-c2ccc3c(c2)nc(Nc2ccc(OC(F)(F)F)cc2)n3[C@H]2C[C@@H](C)CC(C)(C)C2)ccn1. The summed E-state index contributed by atoms with van der Waals surface area (Å²) in [6.45, 7) is 6.89. The van der Waals surface area contributed by atoms with Crippen molar-refractivity contribution < 1.29 is 22.6 Å². The Morgan fingerprint density at radius 3 is 2.42 bits per heavy atom. The Morgan fingerprint density at radius 2 is 1.74 bits per heavy atom. The lowest BCUT2D eigenvalue weighted by molar-refractivity contribution is -0.274. The fourth-order valence-corrected chi connectivity index (χ4v) is 5.80. The summed E-state index contributed by atoms with van der Waals surface area (Å²) in [4.78, 5) is 9.16. The standard InChI is InChI=1S/C29H31F3N4O2/c1-18-13-22(17-28(2,3)16-18)36-25-10-5-19(20-11-12-33-26(15-20)37-4)14-24(25)35-27(36)34-21-6-8-23(9-7-21)38-29(30,31)32/h5-12,14-15,18,22H,13,16-17H2,1-4H3,(H,34,35)/t18-,22+/m1/s1. The number of imidazole rings is 1. The number of halogens is 3. The molecule has 38 heavy (non-hydrogen) atoms. The molecule has 2 heterocycles. The largest absolute Gasteiger partial charge is 0.573 e. The Balaban J connectivity index is 1.55. The second-order valence-corrected chi connectivity index (χ2v) is 10.9. The van der Waals surface area contributed by atoms with Gasteiger partial charge in [-0.25, -0.2) is 9.97 Å². The molecule has 2 aromatic carbocycles. The molecular formula is C29H31F3N4O2. The molecule has 0 saturated heterocycles. The van der Waals surface area contributed by atoms with Gasteiger partial charge in [-0.2, -0.15) is 0 Å². The van der Waals surface area contributed by atoms with Gasteiger partial charge in [0.25, 0.3) is 0 Å². The summed E-state index contributed by atoms with van der Waals surface area (Å²) in [6.07, 6.45) is 0.156. The molecule has 4 aromatic rings. The van der Waals surface area contributed by atoms with Gasteiger partial charge < -0.3 is 19.4 Å². The van der Waals surface area contributed by atoms with Crippen molar-refractivity contribution >= 4 is 22.7 Å². The molecule has 0 spiro atoms. The maximum atomic E-state index is 12.6. The number of hydrogen-bond acceptors (Lipinski definition) is 5. The van der Waals surface area contributed by atoms with Crippen LogP contribution in [0.3, 0.4) is 0 Å². The van der Waals surface area contributed by atoms with E-state index in [1.165, 1.54) is 12.1 Å². The van der Waals surface area contributed by atoms with E-state index in [0.717, 1.165) is 41.4 Å². The normalized spacial score (nSPS) is 19.3. The monoisotopic (exact) mass is 524 g/mol. The van der Waals surface area contributed by atoms with E-state index in [2.05, 4.69) is 52.5 Å². The van der Waals surface area contributed by atoms with Crippen LogP contribution in [0.4, 0.5) is 24.8 Å². The van der Waals surface area contributed by atoms with Gasteiger partial charge >= 0.3 is 6.36 Å². The molecule has 1 aliphatic carbocycles. The summed E-state index contributed by atoms with van der Waals surface area (Å²) in [5.41, 5.74) is 4.59. The number of aromatic nitrogens is 3. The van der Waals surface area contributed by atoms with Crippen LogP contribution in [0, 0.1) is 11.3 Å². The summed E-state index contributed by atoms with van der Waals surface area (Å²) in [7, 11) is 1.59. The smallest absolute Gasteiger partial charge is 0.481 e. The zero-order chi connectivity index (χ0) is 27.1. The maximum Gasteiger partial charge on any atom is 0.573 e. The number of pyridine rings is 1. The predicted molar refractivity (Wildman–Crippen MR) is 142 cm³/mol. The highest BCUT2D eigenvalue weighted by molar-refractivity contribution is 5.85. The second-order valence-electron chi connectivity index (χ2n) is 10.9. The van der Waals surface area contributed by atoms with Crippen molar-refractivity contribution in [2.75, 3.05) is 12.4 Å². The third-order valence-electron chi connectivity index (χ3n) is 7.04. The highest BCUT2D eigenvalue weighted by Crippen LogP contribution is 2.46. The molecule has 2 atom stereocenters. The molecule has 1 saturated carbocycles. The van der Waals surface area contributed by atoms with E-state index in [9.17, 15) is 13.2 Å². The van der Waals surface area contributed by atoms with Crippen LogP contribution in [-0.2, 0) is 0 Å². The van der Waals surface area contributed by atoms with Crippen LogP contribution in [0.1, 0.15) is 46.1 Å². The van der Waals surface area contributed by atoms with Crippen LogP contribution < -0.4 is 14.8 Å². The minimum Gasteiger partial charge on any atom is -0.481 e. The van der Waals surface area contributed by atoms with Gasteiger partial charge in [0, 0.05) is 24.0 Å². The van der Waals surface area contributed by atoms with E-state index in [-0.39, 0.29) is 17.2 Å². The first kappa shape index (κ1) is 25.9. The number of nitrogens with one attached hydrogen (secondary N) is 1. The lowest BCUT2D eigenvalue weighted by Crippen LogP contribution is -2.29. The molecule has 0 amide bonds. The molecule has 6 nitrogen and oxygen atoms in total. The molecule has 1 N–H and O–H groups in total. The number of hydrogen-bond donors (Lipinski definition) is 1. The maximum absolute atomic E-state index is 12.6. The van der Waals surface area contributed by atoms with Gasteiger partial charge in [0.05, 0.1) is 18.1 Å². The van der Waals surface area contributed by atoms with Crippen molar-refractivity contribution in [1.29, 1.82) is 0 Å². The van der Waals surface area contributed by atoms with Crippen LogP contribution in [0.25, 0.3) is 22.2 Å². The first-order valence-corrected chi connectivity index (χ1v) is 12.6. The van der Waals surface area contributed by atoms with Crippen molar-refractivity contribution in [3.05, 3.63) is 60.8 Å². The van der Waals surface area contributed by atoms with E-state index < -0.39 is 6.36 Å². The molecular weight excluding hydrogens is 493 g/mol. The Kier molecular flexibility index (Phi) is 6.71. The fourth-order valence-electron chi connectivity index (χ4n) is 5.80. The average molecular weight is 525 g/mol. The van der Waals surface area contributed by atoms with Gasteiger partial charge in [0.2, 0.25) is 11.8 Å². The molecule has 2 aromatic heterocycles. The third kappa shape index (κ3) is 5.71. The van der Waals surface area contributed by atoms with Crippen molar-refractivity contribution in [3.8, 4) is 22.8 Å². The van der Waals surface area contributed by atoms with Crippen LogP contribution in [0.15, 0.2) is 60.8 Å². The molecule has 0 unspecified atom stereocenters. The molecule has 1 aliphatic rings. The molecule has 9 heteroatoms. The molecule has 5 rings (SSSR count). The van der Waals surface area contributed by atoms with E-state index in [1.807, 2.05) is 18.2 Å². The van der Waals surface area contributed by atoms with Gasteiger partial charge in [-0.3, -0.25) is 0 Å². The second kappa shape index (κ2) is 9.85. The summed E-state index contributed by atoms with van der Waals surface area (Å²) in [6, 6.07) is 15.9. The number of benzene rings is 2. The molecule has 0 bridgehead atoms. The number of anilines is 2. The zero-order valence-corrected chi connectivity index (χ0v) is 21.8. The Bertz CT molecular complexity index is 1430. The van der Waals surface area contributed by atoms with Crippen LogP contribution in [0.5, 0.6) is 11.6 Å². The van der Waals surface area contributed by atoms with Crippen LogP contribution in [-0.4, -0.2) is 28.0 Å². The number of rotatable bonds is 6. The minimum atomic E-state index is -4.73. The van der Waals surface area contributed by atoms with Gasteiger partial charge in [-0.05, 0) is 84.2 Å². The fraction of sp³-hybridized carbons (Fsp3) is 0.379. The van der Waals surface area contributed by atoms with Crippen molar-refractivity contribution in [1.82, 2.24) is 14.5 Å². The van der Waals surface area contributed by atoms with E-state index >= 15 is 0 Å². The summed E-state index contributed by atoms with van der Waals surface area (Å²) in [5.74, 6) is 1.48. The lowest BCUT2D eigenvalue weighted by Gasteiger charge is -2.40. The number of nitrogens with zero attached hydrogens (tertiary/aromatic N) is 3. The quantitative estimate of drug-likeness (QED) is 0.276. The number of methoxy groups -OCH3 is 1. The van der Waals surface area contributed by atoms with E-state index in [1.54, 1.807) is 25.4 Å². The summed E-state index contributed by atoms with van der Waals surface area (Å²) < 4.78 is 49.3. The van der Waals surface area contributed by atoms with Crippen molar-refractivity contribution in [3.63, 3.8) is 0 Å². The Hall–Kier alpha value is -3.75. The minimum absolute atomic E-state index is 0.181. The van der Waals surface area contributed by atoms with Gasteiger partial charge in [0.15, 0.2) is 0 Å². The Labute approximate surface area is 219 Å². The van der Waals surface area contributed by atoms with Gasteiger partial charge in [0.1, 0.15) is 5.75 Å². The molecule has 200 valence electrons. The van der Waals surface area contributed by atoms with Crippen LogP contribution in [0.2, 0.25) is 0 Å². The van der Waals surface area contributed by atoms with Gasteiger partial charge in [-0.15, -0.1) is 13.2 Å². The van der Waals surface area contributed by atoms with Crippen molar-refractivity contribution in [2.45, 2.75) is 52.4 Å². The van der Waals surface area contributed by atoms with E-state index in [0.29, 0.717) is 23.4 Å². The topological polar surface area (TPSA) is 61.2 Å². The highest BCUT2D eigenvalue weighted by atomic mass is 19.4. The third-order valence-corrected chi connectivity index (χ3v) is 7.04. The lowest BCUT2D eigenvalue weighted by atomic mass is 9.70. The molecule has 1 fully saturated rings. The van der Waals surface area contributed by atoms with Gasteiger partial charge in [-0.1, -0.05) is 26.8 Å². The summed E-state index contributed by atoms with van der Waals surface area (Å²) in [5, 5.41) is 3.35. The first-order chi connectivity index (χ1) is 18.0. The van der Waals surface area contributed by atoms with Crippen molar-refractivity contribution in [2.24, 2.45) is 11.3 Å². The average Bonchev–Trinajstić information content (AvgIpc) is 3.20. The molecule has 0 aliphatic heterocycles. The number of ether oxygens (including phenoxy) is 2. The predicted octanol–water partition coefficient (Wildman–Crippen LogP) is 8.14. The molecule has 0 radical (unpaired) electrons. The van der Waals surface area contributed by atoms with E-state index in [4.69, 9.17) is 9.72 Å². The van der Waals surface area contributed by atoms with Crippen LogP contribution >= 0.6 is 0 Å².